The smallest absolute Gasteiger partial charge is 0.124 e. The second-order valence-electron chi connectivity index (χ2n) is 4.36. The average molecular weight is 255 g/mol. The summed E-state index contributed by atoms with van der Waals surface area (Å²) in [7, 11) is 0. The maximum absolute atomic E-state index is 5.73. The lowest BCUT2D eigenvalue weighted by Gasteiger charge is -2.20. The van der Waals surface area contributed by atoms with Crippen LogP contribution in [0.15, 0.2) is 42.6 Å². The minimum atomic E-state index is 0.349. The van der Waals surface area contributed by atoms with Crippen LogP contribution < -0.4 is 10.6 Å². The summed E-state index contributed by atoms with van der Waals surface area (Å²) in [5.74, 6) is 0. The molecule has 3 nitrogen and oxygen atoms in total. The van der Waals surface area contributed by atoms with Crippen molar-refractivity contribution in [2.24, 2.45) is 5.73 Å². The minimum Gasteiger partial charge on any atom is -0.388 e. The van der Waals surface area contributed by atoms with Crippen molar-refractivity contribution in [3.8, 4) is 0 Å². The van der Waals surface area contributed by atoms with E-state index in [1.165, 1.54) is 11.1 Å². The number of thiocarbonyl (C=S) groups is 1. The first-order chi connectivity index (χ1) is 8.75. The number of aromatic nitrogens is 1. The fraction of sp³-hybridized carbons (Fsp3) is 0.143. The van der Waals surface area contributed by atoms with Gasteiger partial charge < -0.3 is 10.6 Å². The van der Waals surface area contributed by atoms with Gasteiger partial charge in [0.2, 0.25) is 0 Å². The zero-order valence-corrected chi connectivity index (χ0v) is 10.7. The van der Waals surface area contributed by atoms with Crippen LogP contribution in [0.3, 0.4) is 0 Å². The van der Waals surface area contributed by atoms with Crippen molar-refractivity contribution in [2.45, 2.75) is 13.1 Å². The summed E-state index contributed by atoms with van der Waals surface area (Å²) < 4.78 is 0. The topological polar surface area (TPSA) is 42.1 Å². The van der Waals surface area contributed by atoms with E-state index in [9.17, 15) is 0 Å². The molecule has 4 heteroatoms. The van der Waals surface area contributed by atoms with Crippen LogP contribution in [0.1, 0.15) is 16.8 Å². The van der Waals surface area contributed by atoms with E-state index in [0.717, 1.165) is 18.8 Å². The average Bonchev–Trinajstić information content (AvgIpc) is 2.82. The summed E-state index contributed by atoms with van der Waals surface area (Å²) in [4.78, 5) is 6.88. The molecule has 18 heavy (non-hydrogen) atoms. The molecule has 0 radical (unpaired) electrons. The van der Waals surface area contributed by atoms with Gasteiger partial charge in [-0.3, -0.25) is 4.98 Å². The van der Waals surface area contributed by atoms with Crippen molar-refractivity contribution in [1.82, 2.24) is 4.98 Å². The second kappa shape index (κ2) is 4.38. The fourth-order valence-corrected chi connectivity index (χ4v) is 2.50. The van der Waals surface area contributed by atoms with Crippen LogP contribution >= 0.6 is 12.2 Å². The van der Waals surface area contributed by atoms with Crippen molar-refractivity contribution in [1.29, 1.82) is 0 Å². The maximum atomic E-state index is 5.73. The van der Waals surface area contributed by atoms with Gasteiger partial charge in [-0.05, 0) is 23.3 Å². The van der Waals surface area contributed by atoms with Gasteiger partial charge in [0.15, 0.2) is 0 Å². The Hall–Kier alpha value is -1.94. The monoisotopic (exact) mass is 255 g/mol. The first kappa shape index (κ1) is 11.2. The summed E-state index contributed by atoms with van der Waals surface area (Å²) in [5, 5.41) is 0. The van der Waals surface area contributed by atoms with Gasteiger partial charge in [-0.2, -0.15) is 0 Å². The molecule has 0 fully saturated rings. The fourth-order valence-electron chi connectivity index (χ4n) is 2.35. The van der Waals surface area contributed by atoms with Crippen LogP contribution in [0, 0.1) is 0 Å². The van der Waals surface area contributed by atoms with Crippen molar-refractivity contribution < 1.29 is 0 Å². The molecule has 0 aliphatic carbocycles. The third kappa shape index (κ3) is 1.84. The second-order valence-corrected chi connectivity index (χ2v) is 4.80. The summed E-state index contributed by atoms with van der Waals surface area (Å²) in [5.41, 5.74) is 10.2. The van der Waals surface area contributed by atoms with Gasteiger partial charge in [-0.1, -0.05) is 36.5 Å². The van der Waals surface area contributed by atoms with Crippen LogP contribution in [0.25, 0.3) is 0 Å². The van der Waals surface area contributed by atoms with Crippen LogP contribution in [0.2, 0.25) is 0 Å². The Bertz CT molecular complexity index is 584. The molecule has 2 heterocycles. The normalized spacial score (nSPS) is 13.4. The molecule has 0 amide bonds. The number of nitrogens with two attached hydrogens (primary N) is 1. The Kier molecular flexibility index (Phi) is 2.72. The van der Waals surface area contributed by atoms with E-state index < -0.39 is 0 Å². The highest BCUT2D eigenvalue weighted by atomic mass is 32.1. The molecular weight excluding hydrogens is 242 g/mol. The number of hydrogen-bond acceptors (Lipinski definition) is 3. The lowest BCUT2D eigenvalue weighted by molar-refractivity contribution is 0.874. The summed E-state index contributed by atoms with van der Waals surface area (Å²) in [6.45, 7) is 1.77. The molecular formula is C14H13N3S. The highest BCUT2D eigenvalue weighted by Gasteiger charge is 2.21. The standard InChI is InChI=1S/C14H13N3S/c15-14(18)13-12(6-3-7-16-13)17-8-10-4-1-2-5-11(10)9-17/h1-7H,8-9H2,(H2,15,18). The quantitative estimate of drug-likeness (QED) is 0.836. The number of nitrogens with zero attached hydrogens (tertiary/aromatic N) is 2. The van der Waals surface area contributed by atoms with Crippen LogP contribution in [0.5, 0.6) is 0 Å². The van der Waals surface area contributed by atoms with E-state index in [4.69, 9.17) is 18.0 Å². The number of rotatable bonds is 2. The van der Waals surface area contributed by atoms with Crippen LogP contribution in [-0.4, -0.2) is 9.97 Å². The van der Waals surface area contributed by atoms with Gasteiger partial charge in [-0.25, -0.2) is 0 Å². The molecule has 3 rings (SSSR count). The van der Waals surface area contributed by atoms with Crippen molar-refractivity contribution >= 4 is 22.9 Å². The van der Waals surface area contributed by atoms with Gasteiger partial charge >= 0.3 is 0 Å². The Morgan fingerprint density at radius 3 is 2.39 bits per heavy atom. The molecule has 1 aromatic carbocycles. The number of fused-ring (bicyclic) bond motifs is 1. The minimum absolute atomic E-state index is 0.349. The molecule has 90 valence electrons. The largest absolute Gasteiger partial charge is 0.388 e. The summed E-state index contributed by atoms with van der Waals surface area (Å²) >= 11 is 5.06. The highest BCUT2D eigenvalue weighted by molar-refractivity contribution is 7.80. The predicted molar refractivity (Wildman–Crippen MR) is 76.5 cm³/mol. The van der Waals surface area contributed by atoms with Crippen molar-refractivity contribution in [3.63, 3.8) is 0 Å². The Balaban J connectivity index is 1.98. The first-order valence-corrected chi connectivity index (χ1v) is 6.23. The van der Waals surface area contributed by atoms with E-state index in [1.54, 1.807) is 6.20 Å². The zero-order chi connectivity index (χ0) is 12.5. The van der Waals surface area contributed by atoms with Gasteiger partial charge in [0.25, 0.3) is 0 Å². The molecule has 0 saturated heterocycles. The van der Waals surface area contributed by atoms with E-state index in [-0.39, 0.29) is 0 Å². The lowest BCUT2D eigenvalue weighted by atomic mass is 10.1. The number of pyridine rings is 1. The third-order valence-electron chi connectivity index (χ3n) is 3.20. The van der Waals surface area contributed by atoms with Gasteiger partial charge in [0.1, 0.15) is 10.7 Å². The molecule has 2 N–H and O–H groups in total. The lowest BCUT2D eigenvalue weighted by Crippen LogP contribution is -2.21. The van der Waals surface area contributed by atoms with Gasteiger partial charge in [-0.15, -0.1) is 0 Å². The van der Waals surface area contributed by atoms with Crippen LogP contribution in [-0.2, 0) is 13.1 Å². The van der Waals surface area contributed by atoms with E-state index in [2.05, 4.69) is 34.1 Å². The third-order valence-corrected chi connectivity index (χ3v) is 3.39. The van der Waals surface area contributed by atoms with Gasteiger partial charge in [0.05, 0.1) is 5.69 Å². The van der Waals surface area contributed by atoms with Gasteiger partial charge in [0, 0.05) is 19.3 Å². The molecule has 0 bridgehead atoms. The predicted octanol–water partition coefficient (Wildman–Crippen LogP) is 2.24. The summed E-state index contributed by atoms with van der Waals surface area (Å²) in [6.07, 6.45) is 1.72. The van der Waals surface area contributed by atoms with Crippen LogP contribution in [0.4, 0.5) is 5.69 Å². The molecule has 0 atom stereocenters. The first-order valence-electron chi connectivity index (χ1n) is 5.82. The molecule has 1 aliphatic heterocycles. The highest BCUT2D eigenvalue weighted by Crippen LogP contribution is 2.29. The molecule has 0 spiro atoms. The number of hydrogen-bond donors (Lipinski definition) is 1. The Morgan fingerprint density at radius 1 is 1.11 bits per heavy atom. The molecule has 1 aromatic heterocycles. The SMILES string of the molecule is NC(=S)c1ncccc1N1Cc2ccccc2C1. The molecule has 1 aliphatic rings. The molecule has 2 aromatic rings. The number of benzene rings is 1. The van der Waals surface area contributed by atoms with Crippen molar-refractivity contribution in [2.75, 3.05) is 4.90 Å². The Morgan fingerprint density at radius 2 is 1.78 bits per heavy atom. The maximum Gasteiger partial charge on any atom is 0.124 e. The van der Waals surface area contributed by atoms with Crippen molar-refractivity contribution in [3.05, 3.63) is 59.4 Å². The van der Waals surface area contributed by atoms with E-state index in [1.807, 2.05) is 12.1 Å². The zero-order valence-electron chi connectivity index (χ0n) is 9.84. The van der Waals surface area contributed by atoms with E-state index in [0.29, 0.717) is 10.7 Å². The molecule has 0 saturated carbocycles. The number of anilines is 1. The molecule has 0 unspecified atom stereocenters. The summed E-state index contributed by atoms with van der Waals surface area (Å²) in [6, 6.07) is 12.4. The van der Waals surface area contributed by atoms with E-state index >= 15 is 0 Å². The Labute approximate surface area is 111 Å².